The summed E-state index contributed by atoms with van der Waals surface area (Å²) in [6.07, 6.45) is 4.98. The van der Waals surface area contributed by atoms with E-state index in [2.05, 4.69) is 34.3 Å². The number of rotatable bonds is 5. The second kappa shape index (κ2) is 8.23. The van der Waals surface area contributed by atoms with Gasteiger partial charge >= 0.3 is 0 Å². The first-order valence-electron chi connectivity index (χ1n) is 7.74. The van der Waals surface area contributed by atoms with Gasteiger partial charge in [-0.1, -0.05) is 30.9 Å². The summed E-state index contributed by atoms with van der Waals surface area (Å²) in [7, 11) is 0. The quantitative estimate of drug-likeness (QED) is 0.546. The SMILES string of the molecule is C=C/C(=C(I)/C=C\C)c1ccc(C(C)O)c(-n2nc(C#N)cc2C)n1. The van der Waals surface area contributed by atoms with Crippen molar-refractivity contribution in [3.63, 3.8) is 0 Å². The lowest BCUT2D eigenvalue weighted by Gasteiger charge is -2.15. The second-order valence-corrected chi connectivity index (χ2v) is 6.61. The van der Waals surface area contributed by atoms with Gasteiger partial charge in [0, 0.05) is 20.4 Å². The Balaban J connectivity index is 2.73. The molecule has 0 saturated carbocycles. The number of nitrogens with zero attached hydrogens (tertiary/aromatic N) is 4. The normalized spacial score (nSPS) is 13.4. The average molecular weight is 446 g/mol. The van der Waals surface area contributed by atoms with Gasteiger partial charge in [0.25, 0.3) is 0 Å². The standard InChI is InChI=1S/C19H19IN4O/c1-5-7-17(20)15(6-2)18-9-8-16(13(4)25)19(22-18)24-12(3)10-14(11-21)23-24/h5-10,13,25H,2H2,1,3-4H3/b7-5-,17-15+. The van der Waals surface area contributed by atoms with Gasteiger partial charge in [0.05, 0.1) is 11.8 Å². The maximum atomic E-state index is 10.1. The van der Waals surface area contributed by atoms with Gasteiger partial charge in [-0.3, -0.25) is 0 Å². The molecule has 1 unspecified atom stereocenters. The highest BCUT2D eigenvalue weighted by molar-refractivity contribution is 14.1. The second-order valence-electron chi connectivity index (χ2n) is 5.45. The highest BCUT2D eigenvalue weighted by Crippen LogP contribution is 2.28. The van der Waals surface area contributed by atoms with Crippen molar-refractivity contribution in [2.24, 2.45) is 0 Å². The van der Waals surface area contributed by atoms with E-state index >= 15 is 0 Å². The van der Waals surface area contributed by atoms with Crippen LogP contribution in [0.4, 0.5) is 0 Å². The third kappa shape index (κ3) is 4.06. The molecule has 0 aromatic carbocycles. The number of aliphatic hydroxyl groups excluding tert-OH is 1. The van der Waals surface area contributed by atoms with Crippen molar-refractivity contribution in [1.29, 1.82) is 5.26 Å². The number of hydrogen-bond donors (Lipinski definition) is 1. The molecule has 0 bridgehead atoms. The van der Waals surface area contributed by atoms with E-state index < -0.39 is 6.10 Å². The molecule has 0 aliphatic rings. The van der Waals surface area contributed by atoms with Crippen molar-refractivity contribution in [3.8, 4) is 11.9 Å². The first kappa shape index (κ1) is 19.1. The number of aromatic nitrogens is 3. The van der Waals surface area contributed by atoms with E-state index in [1.807, 2.05) is 44.2 Å². The fourth-order valence-electron chi connectivity index (χ4n) is 2.41. The van der Waals surface area contributed by atoms with E-state index in [1.54, 1.807) is 23.7 Å². The Kier molecular flexibility index (Phi) is 6.28. The largest absolute Gasteiger partial charge is 0.389 e. The van der Waals surface area contributed by atoms with Crippen LogP contribution in [-0.2, 0) is 0 Å². The summed E-state index contributed by atoms with van der Waals surface area (Å²) >= 11 is 2.24. The van der Waals surface area contributed by atoms with E-state index in [4.69, 9.17) is 10.2 Å². The van der Waals surface area contributed by atoms with Crippen LogP contribution in [0.1, 0.15) is 42.6 Å². The summed E-state index contributed by atoms with van der Waals surface area (Å²) in [6, 6.07) is 7.41. The lowest BCUT2D eigenvalue weighted by molar-refractivity contribution is 0.198. The molecule has 128 valence electrons. The zero-order chi connectivity index (χ0) is 18.6. The predicted molar refractivity (Wildman–Crippen MR) is 107 cm³/mol. The van der Waals surface area contributed by atoms with Gasteiger partial charge in [-0.25, -0.2) is 9.67 Å². The number of nitriles is 1. The molecule has 0 radical (unpaired) electrons. The Morgan fingerprint density at radius 3 is 2.72 bits per heavy atom. The predicted octanol–water partition coefficient (Wildman–Crippen LogP) is 4.41. The molecule has 2 aromatic heterocycles. The van der Waals surface area contributed by atoms with Crippen molar-refractivity contribution in [2.75, 3.05) is 0 Å². The summed E-state index contributed by atoms with van der Waals surface area (Å²) in [6.45, 7) is 9.36. The highest BCUT2D eigenvalue weighted by atomic mass is 127. The molecule has 0 aliphatic heterocycles. The Hall–Kier alpha value is -2.24. The molecule has 0 spiro atoms. The molecule has 2 rings (SSSR count). The topological polar surface area (TPSA) is 74.7 Å². The van der Waals surface area contributed by atoms with Crippen molar-refractivity contribution >= 4 is 28.2 Å². The molecule has 5 nitrogen and oxygen atoms in total. The summed E-state index contributed by atoms with van der Waals surface area (Å²) < 4.78 is 2.60. The van der Waals surface area contributed by atoms with E-state index in [9.17, 15) is 5.11 Å². The van der Waals surface area contributed by atoms with Crippen molar-refractivity contribution in [1.82, 2.24) is 14.8 Å². The molecule has 0 aliphatic carbocycles. The number of pyridine rings is 1. The molecular weight excluding hydrogens is 427 g/mol. The van der Waals surface area contributed by atoms with Crippen LogP contribution < -0.4 is 0 Å². The lowest BCUT2D eigenvalue weighted by Crippen LogP contribution is -2.10. The number of aliphatic hydroxyl groups is 1. The molecule has 1 N–H and O–H groups in total. The number of aryl methyl sites for hydroxylation is 1. The van der Waals surface area contributed by atoms with Crippen LogP contribution in [-0.4, -0.2) is 19.9 Å². The monoisotopic (exact) mass is 446 g/mol. The van der Waals surface area contributed by atoms with Gasteiger partial charge in [0.1, 0.15) is 6.07 Å². The number of halogens is 1. The molecular formula is C19H19IN4O. The lowest BCUT2D eigenvalue weighted by atomic mass is 10.1. The Labute approximate surface area is 161 Å². The van der Waals surface area contributed by atoms with Crippen molar-refractivity contribution in [2.45, 2.75) is 26.9 Å². The zero-order valence-electron chi connectivity index (χ0n) is 14.4. The minimum atomic E-state index is -0.712. The molecule has 2 aromatic rings. The van der Waals surface area contributed by atoms with E-state index in [1.165, 1.54) is 0 Å². The van der Waals surface area contributed by atoms with Crippen LogP contribution in [0.2, 0.25) is 0 Å². The maximum Gasteiger partial charge on any atom is 0.163 e. The Morgan fingerprint density at radius 2 is 2.20 bits per heavy atom. The van der Waals surface area contributed by atoms with Crippen LogP contribution in [0.25, 0.3) is 11.4 Å². The van der Waals surface area contributed by atoms with Crippen LogP contribution in [0.5, 0.6) is 0 Å². The van der Waals surface area contributed by atoms with Gasteiger partial charge in [-0.2, -0.15) is 10.4 Å². The Morgan fingerprint density at radius 1 is 1.48 bits per heavy atom. The van der Waals surface area contributed by atoms with E-state index in [0.717, 1.165) is 20.5 Å². The highest BCUT2D eigenvalue weighted by Gasteiger charge is 2.17. The summed E-state index contributed by atoms with van der Waals surface area (Å²) in [5, 5.41) is 23.5. The van der Waals surface area contributed by atoms with Crippen LogP contribution in [0.15, 0.2) is 46.6 Å². The van der Waals surface area contributed by atoms with Crippen molar-refractivity contribution in [3.05, 3.63) is 69.2 Å². The van der Waals surface area contributed by atoms with Crippen LogP contribution in [0, 0.1) is 18.3 Å². The smallest absolute Gasteiger partial charge is 0.163 e. The first-order valence-corrected chi connectivity index (χ1v) is 8.82. The molecule has 0 saturated heterocycles. The van der Waals surface area contributed by atoms with Crippen molar-refractivity contribution < 1.29 is 5.11 Å². The molecule has 6 heteroatoms. The van der Waals surface area contributed by atoms with Gasteiger partial charge < -0.3 is 5.11 Å². The summed E-state index contributed by atoms with van der Waals surface area (Å²) in [5.74, 6) is 0.510. The first-order chi connectivity index (χ1) is 11.9. The minimum Gasteiger partial charge on any atom is -0.389 e. The van der Waals surface area contributed by atoms with E-state index in [-0.39, 0.29) is 0 Å². The summed E-state index contributed by atoms with van der Waals surface area (Å²) in [4.78, 5) is 4.71. The fourth-order valence-corrected chi connectivity index (χ4v) is 3.27. The van der Waals surface area contributed by atoms with Crippen LogP contribution >= 0.6 is 22.6 Å². The van der Waals surface area contributed by atoms with Gasteiger partial charge in [0.15, 0.2) is 11.5 Å². The number of allylic oxidation sites excluding steroid dienone is 5. The van der Waals surface area contributed by atoms with Gasteiger partial charge in [0.2, 0.25) is 0 Å². The average Bonchev–Trinajstić information content (AvgIpc) is 2.96. The van der Waals surface area contributed by atoms with Gasteiger partial charge in [-0.15, -0.1) is 0 Å². The van der Waals surface area contributed by atoms with Crippen LogP contribution in [0.3, 0.4) is 0 Å². The molecule has 1 atom stereocenters. The molecule has 0 fully saturated rings. The molecule has 2 heterocycles. The Bertz CT molecular complexity index is 901. The third-order valence-electron chi connectivity index (χ3n) is 3.61. The zero-order valence-corrected chi connectivity index (χ0v) is 16.5. The maximum absolute atomic E-state index is 10.1. The number of hydrogen-bond acceptors (Lipinski definition) is 4. The molecule has 25 heavy (non-hydrogen) atoms. The fraction of sp³-hybridized carbons (Fsp3) is 0.211. The van der Waals surface area contributed by atoms with E-state index in [0.29, 0.717) is 17.1 Å². The molecule has 0 amide bonds. The van der Waals surface area contributed by atoms with Gasteiger partial charge in [-0.05, 0) is 55.5 Å². The summed E-state index contributed by atoms with van der Waals surface area (Å²) in [5.41, 5.74) is 3.34. The third-order valence-corrected chi connectivity index (χ3v) is 4.55. The minimum absolute atomic E-state index is 0.309.